The SMILES string of the molecule is O=C(CC1C2CC3CC(C2)CC1C3)N1CCCC2(Cc3ccccc3C2=O)C1. The van der Waals surface area contributed by atoms with Gasteiger partial charge in [0.15, 0.2) is 5.78 Å². The minimum Gasteiger partial charge on any atom is -0.342 e. The Morgan fingerprint density at radius 2 is 1.75 bits per heavy atom. The van der Waals surface area contributed by atoms with E-state index in [2.05, 4.69) is 11.0 Å². The zero-order chi connectivity index (χ0) is 18.9. The maximum atomic E-state index is 13.3. The Bertz CT molecular complexity index is 802. The predicted molar refractivity (Wildman–Crippen MR) is 108 cm³/mol. The van der Waals surface area contributed by atoms with Crippen LogP contribution in [0.3, 0.4) is 0 Å². The maximum Gasteiger partial charge on any atom is 0.222 e. The van der Waals surface area contributed by atoms with Crippen molar-refractivity contribution in [2.45, 2.75) is 57.8 Å². The molecule has 4 bridgehead atoms. The van der Waals surface area contributed by atoms with Crippen LogP contribution in [0.25, 0.3) is 0 Å². The van der Waals surface area contributed by atoms with Gasteiger partial charge in [0.05, 0.1) is 5.41 Å². The number of piperidine rings is 1. The van der Waals surface area contributed by atoms with Crippen molar-refractivity contribution in [2.75, 3.05) is 13.1 Å². The minimum absolute atomic E-state index is 0.287. The third-order valence-electron chi connectivity index (χ3n) is 9.03. The summed E-state index contributed by atoms with van der Waals surface area (Å²) in [6, 6.07) is 8.07. The van der Waals surface area contributed by atoms with Gasteiger partial charge in [-0.3, -0.25) is 9.59 Å². The second kappa shape index (κ2) is 6.18. The fraction of sp³-hybridized carbons (Fsp3) is 0.680. The number of carbonyl (C=O) groups is 2. The quantitative estimate of drug-likeness (QED) is 0.761. The topological polar surface area (TPSA) is 37.4 Å². The van der Waals surface area contributed by atoms with Crippen LogP contribution >= 0.6 is 0 Å². The molecule has 1 saturated heterocycles. The van der Waals surface area contributed by atoms with Crippen LogP contribution in [-0.2, 0) is 11.2 Å². The number of hydrogen-bond acceptors (Lipinski definition) is 2. The molecule has 28 heavy (non-hydrogen) atoms. The van der Waals surface area contributed by atoms with Gasteiger partial charge in [0.25, 0.3) is 0 Å². The summed E-state index contributed by atoms with van der Waals surface area (Å²) < 4.78 is 0. The molecule has 3 nitrogen and oxygen atoms in total. The summed E-state index contributed by atoms with van der Waals surface area (Å²) in [5, 5.41) is 0. The molecule has 4 saturated carbocycles. The zero-order valence-corrected chi connectivity index (χ0v) is 16.7. The molecule has 3 heteroatoms. The molecule has 5 fully saturated rings. The number of hydrogen-bond donors (Lipinski definition) is 0. The monoisotopic (exact) mass is 377 g/mol. The van der Waals surface area contributed by atoms with Crippen molar-refractivity contribution in [1.29, 1.82) is 0 Å². The van der Waals surface area contributed by atoms with Crippen molar-refractivity contribution in [3.63, 3.8) is 0 Å². The van der Waals surface area contributed by atoms with Crippen molar-refractivity contribution in [3.8, 4) is 0 Å². The zero-order valence-electron chi connectivity index (χ0n) is 16.7. The highest BCUT2D eigenvalue weighted by Crippen LogP contribution is 2.57. The van der Waals surface area contributed by atoms with Gasteiger partial charge in [-0.25, -0.2) is 0 Å². The standard InChI is InChI=1S/C25H31NO2/c27-23(13-22-19-9-16-8-17(11-19)12-20(22)10-16)26-7-3-6-25(15-26)14-18-4-1-2-5-21(18)24(25)28/h1-2,4-5,16-17,19-20,22H,3,6-15H2. The van der Waals surface area contributed by atoms with Crippen LogP contribution in [-0.4, -0.2) is 29.7 Å². The Labute approximate surface area is 167 Å². The van der Waals surface area contributed by atoms with Crippen LogP contribution in [0.5, 0.6) is 0 Å². The Morgan fingerprint density at radius 1 is 1.04 bits per heavy atom. The molecule has 1 aromatic rings. The van der Waals surface area contributed by atoms with E-state index in [1.165, 1.54) is 37.7 Å². The first-order valence-corrected chi connectivity index (χ1v) is 11.5. The molecule has 148 valence electrons. The summed E-state index contributed by atoms with van der Waals surface area (Å²) in [5.41, 5.74) is 1.74. The number of carbonyl (C=O) groups excluding carboxylic acids is 2. The first kappa shape index (κ1) is 17.2. The van der Waals surface area contributed by atoms with Crippen LogP contribution in [0.1, 0.15) is 67.3 Å². The molecule has 1 aromatic carbocycles. The van der Waals surface area contributed by atoms with E-state index in [-0.39, 0.29) is 11.2 Å². The number of nitrogens with zero attached hydrogens (tertiary/aromatic N) is 1. The summed E-state index contributed by atoms with van der Waals surface area (Å²) in [7, 11) is 0. The summed E-state index contributed by atoms with van der Waals surface area (Å²) >= 11 is 0. The van der Waals surface area contributed by atoms with Crippen LogP contribution < -0.4 is 0 Å². The highest BCUT2D eigenvalue weighted by Gasteiger charge is 2.51. The van der Waals surface area contributed by atoms with Crippen molar-refractivity contribution in [1.82, 2.24) is 4.90 Å². The van der Waals surface area contributed by atoms with Gasteiger partial charge >= 0.3 is 0 Å². The number of benzene rings is 1. The van der Waals surface area contributed by atoms with Crippen molar-refractivity contribution in [3.05, 3.63) is 35.4 Å². The number of fused-ring (bicyclic) bond motifs is 1. The molecule has 6 aliphatic rings. The molecule has 1 aliphatic heterocycles. The molecule has 5 aliphatic carbocycles. The molecule has 1 spiro atoms. The first-order valence-electron chi connectivity index (χ1n) is 11.5. The van der Waals surface area contributed by atoms with Crippen LogP contribution in [0.4, 0.5) is 0 Å². The molecule has 1 heterocycles. The Kier molecular flexibility index (Phi) is 3.80. The van der Waals surface area contributed by atoms with E-state index < -0.39 is 0 Å². The summed E-state index contributed by atoms with van der Waals surface area (Å²) in [6.45, 7) is 1.49. The number of Topliss-reactive ketones (excluding diaryl/α,β-unsaturated/α-hetero) is 1. The molecule has 7 rings (SSSR count). The van der Waals surface area contributed by atoms with E-state index in [4.69, 9.17) is 0 Å². The van der Waals surface area contributed by atoms with Gasteiger partial charge in [0.2, 0.25) is 5.91 Å². The van der Waals surface area contributed by atoms with Gasteiger partial charge < -0.3 is 4.90 Å². The average molecular weight is 378 g/mol. The lowest BCUT2D eigenvalue weighted by Crippen LogP contribution is -2.51. The number of rotatable bonds is 2. The lowest BCUT2D eigenvalue weighted by molar-refractivity contribution is -0.139. The number of ketones is 1. The van der Waals surface area contributed by atoms with E-state index in [9.17, 15) is 9.59 Å². The molecule has 1 unspecified atom stereocenters. The van der Waals surface area contributed by atoms with Gasteiger partial charge in [0, 0.05) is 25.1 Å². The molecule has 0 N–H and O–H groups in total. The summed E-state index contributed by atoms with van der Waals surface area (Å²) in [6.07, 6.45) is 10.4. The summed E-state index contributed by atoms with van der Waals surface area (Å²) in [5.74, 6) is 4.77. The number of likely N-dealkylation sites (tertiary alicyclic amines) is 1. The van der Waals surface area contributed by atoms with Gasteiger partial charge in [0.1, 0.15) is 0 Å². The van der Waals surface area contributed by atoms with Crippen molar-refractivity contribution in [2.24, 2.45) is 35.0 Å². The Balaban J connectivity index is 1.18. The lowest BCUT2D eigenvalue weighted by Gasteiger charge is -2.54. The van der Waals surface area contributed by atoms with E-state index in [0.717, 1.165) is 61.5 Å². The smallest absolute Gasteiger partial charge is 0.222 e. The van der Waals surface area contributed by atoms with E-state index in [1.807, 2.05) is 18.2 Å². The van der Waals surface area contributed by atoms with E-state index in [0.29, 0.717) is 18.4 Å². The van der Waals surface area contributed by atoms with Crippen LogP contribution in [0.2, 0.25) is 0 Å². The van der Waals surface area contributed by atoms with Gasteiger partial charge in [-0.05, 0) is 86.5 Å². The highest BCUT2D eigenvalue weighted by atomic mass is 16.2. The average Bonchev–Trinajstić information content (AvgIpc) is 2.95. The van der Waals surface area contributed by atoms with Gasteiger partial charge in [-0.2, -0.15) is 0 Å². The third kappa shape index (κ3) is 2.54. The minimum atomic E-state index is -0.346. The molecular formula is C25H31NO2. The van der Waals surface area contributed by atoms with Gasteiger partial charge in [-0.1, -0.05) is 24.3 Å². The maximum absolute atomic E-state index is 13.3. The van der Waals surface area contributed by atoms with E-state index in [1.54, 1.807) is 0 Å². The van der Waals surface area contributed by atoms with Gasteiger partial charge in [-0.15, -0.1) is 0 Å². The second-order valence-corrected chi connectivity index (χ2v) is 10.7. The largest absolute Gasteiger partial charge is 0.342 e. The molecular weight excluding hydrogens is 346 g/mol. The second-order valence-electron chi connectivity index (χ2n) is 10.7. The molecule has 1 atom stereocenters. The molecule has 0 aromatic heterocycles. The number of amides is 1. The Hall–Kier alpha value is -1.64. The van der Waals surface area contributed by atoms with Crippen molar-refractivity contribution >= 4 is 11.7 Å². The third-order valence-corrected chi connectivity index (χ3v) is 9.03. The summed E-state index contributed by atoms with van der Waals surface area (Å²) in [4.78, 5) is 28.6. The van der Waals surface area contributed by atoms with E-state index >= 15 is 0 Å². The van der Waals surface area contributed by atoms with Crippen molar-refractivity contribution < 1.29 is 9.59 Å². The lowest BCUT2D eigenvalue weighted by atomic mass is 9.51. The fourth-order valence-corrected chi connectivity index (χ4v) is 8.00. The van der Waals surface area contributed by atoms with Crippen LogP contribution in [0, 0.1) is 35.0 Å². The normalized spacial score (nSPS) is 40.9. The van der Waals surface area contributed by atoms with Crippen LogP contribution in [0.15, 0.2) is 24.3 Å². The first-order chi connectivity index (χ1) is 13.6. The highest BCUT2D eigenvalue weighted by molar-refractivity contribution is 6.05. The Morgan fingerprint density at radius 3 is 2.46 bits per heavy atom. The molecule has 0 radical (unpaired) electrons. The fourth-order valence-electron chi connectivity index (χ4n) is 8.00. The molecule has 1 amide bonds. The predicted octanol–water partition coefficient (Wildman–Crippen LogP) is 4.50.